The molecule has 4 rings (SSSR count). The number of fused-ring (bicyclic) bond motifs is 1. The summed E-state index contributed by atoms with van der Waals surface area (Å²) < 4.78 is 11.5. The number of anilines is 1. The monoisotopic (exact) mass is 366 g/mol. The highest BCUT2D eigenvalue weighted by molar-refractivity contribution is 5.90. The van der Waals surface area contributed by atoms with E-state index in [9.17, 15) is 4.79 Å². The fraction of sp³-hybridized carbons (Fsp3) is 0.409. The number of carbonyl (C=O) groups excluding carboxylic acids is 1. The van der Waals surface area contributed by atoms with Gasteiger partial charge in [-0.3, -0.25) is 0 Å². The third-order valence-electron chi connectivity index (χ3n) is 5.40. The zero-order valence-corrected chi connectivity index (χ0v) is 15.7. The largest absolute Gasteiger partial charge is 0.493 e. The van der Waals surface area contributed by atoms with Crippen molar-refractivity contribution in [2.45, 2.75) is 50.7 Å². The van der Waals surface area contributed by atoms with Crippen molar-refractivity contribution in [1.82, 2.24) is 5.32 Å². The highest BCUT2D eigenvalue weighted by atomic mass is 16.5. The average Bonchev–Trinajstić information content (AvgIpc) is 3.30. The van der Waals surface area contributed by atoms with Crippen molar-refractivity contribution in [3.05, 3.63) is 53.6 Å². The molecule has 2 amide bonds. The van der Waals surface area contributed by atoms with Crippen LogP contribution in [0, 0.1) is 0 Å². The van der Waals surface area contributed by atoms with Crippen LogP contribution in [0.15, 0.2) is 42.5 Å². The molecule has 0 unspecified atom stereocenters. The van der Waals surface area contributed by atoms with E-state index in [1.165, 1.54) is 24.0 Å². The van der Waals surface area contributed by atoms with E-state index in [1.807, 2.05) is 30.3 Å². The molecule has 27 heavy (non-hydrogen) atoms. The zero-order valence-electron chi connectivity index (χ0n) is 15.7. The molecule has 0 aromatic heterocycles. The molecule has 2 N–H and O–H groups in total. The first-order chi connectivity index (χ1) is 13.2. The molecule has 2 aromatic rings. The van der Waals surface area contributed by atoms with E-state index in [0.29, 0.717) is 17.2 Å². The molecule has 0 saturated heterocycles. The maximum absolute atomic E-state index is 12.4. The van der Waals surface area contributed by atoms with E-state index in [1.54, 1.807) is 7.11 Å². The van der Waals surface area contributed by atoms with E-state index < -0.39 is 0 Å². The van der Waals surface area contributed by atoms with Crippen molar-refractivity contribution in [2.75, 3.05) is 12.4 Å². The topological polar surface area (TPSA) is 59.6 Å². The Bertz CT molecular complexity index is 790. The predicted octanol–water partition coefficient (Wildman–Crippen LogP) is 4.31. The number of hydrogen-bond acceptors (Lipinski definition) is 3. The van der Waals surface area contributed by atoms with E-state index in [4.69, 9.17) is 9.47 Å². The van der Waals surface area contributed by atoms with Crippen LogP contribution in [0.5, 0.6) is 11.5 Å². The van der Waals surface area contributed by atoms with Crippen LogP contribution in [0.25, 0.3) is 0 Å². The molecule has 0 bridgehead atoms. The van der Waals surface area contributed by atoms with Gasteiger partial charge in [-0.05, 0) is 61.8 Å². The number of nitrogens with one attached hydrogen (secondary N) is 2. The molecule has 142 valence electrons. The van der Waals surface area contributed by atoms with E-state index in [0.717, 1.165) is 25.7 Å². The normalized spacial score (nSPS) is 16.8. The van der Waals surface area contributed by atoms with Gasteiger partial charge in [0.15, 0.2) is 11.5 Å². The second kappa shape index (κ2) is 7.91. The Hall–Kier alpha value is -2.69. The zero-order chi connectivity index (χ0) is 18.6. The third kappa shape index (κ3) is 4.18. The fourth-order valence-corrected chi connectivity index (χ4v) is 4.05. The van der Waals surface area contributed by atoms with Gasteiger partial charge >= 0.3 is 6.03 Å². The van der Waals surface area contributed by atoms with E-state index in [2.05, 4.69) is 22.8 Å². The predicted molar refractivity (Wildman–Crippen MR) is 106 cm³/mol. The van der Waals surface area contributed by atoms with Crippen LogP contribution in [-0.4, -0.2) is 25.3 Å². The van der Waals surface area contributed by atoms with Crippen molar-refractivity contribution >= 4 is 11.7 Å². The first-order valence-corrected chi connectivity index (χ1v) is 9.70. The second-order valence-electron chi connectivity index (χ2n) is 7.36. The van der Waals surface area contributed by atoms with Gasteiger partial charge in [-0.25, -0.2) is 4.79 Å². The summed E-state index contributed by atoms with van der Waals surface area (Å²) in [5.74, 6) is 1.38. The molecular formula is C22H26N2O3. The minimum atomic E-state index is -0.190. The molecule has 2 aliphatic carbocycles. The average molecular weight is 366 g/mol. The smallest absolute Gasteiger partial charge is 0.319 e. The van der Waals surface area contributed by atoms with Gasteiger partial charge in [-0.15, -0.1) is 0 Å². The fourth-order valence-electron chi connectivity index (χ4n) is 4.05. The SMILES string of the molecule is COc1ccc(NC(=O)NC2Cc3ccccc3C2)cc1OC1CCCC1. The standard InChI is InChI=1S/C22H26N2O3/c1-26-20-11-10-17(14-21(20)27-19-8-4-5-9-19)23-22(25)24-18-12-15-6-2-3-7-16(15)13-18/h2-3,6-7,10-11,14,18-19H,4-5,8-9,12-13H2,1H3,(H2,23,24,25). The molecule has 0 heterocycles. The molecule has 5 nitrogen and oxygen atoms in total. The van der Waals surface area contributed by atoms with Gasteiger partial charge in [-0.1, -0.05) is 24.3 Å². The van der Waals surface area contributed by atoms with Crippen LogP contribution >= 0.6 is 0 Å². The van der Waals surface area contributed by atoms with Gasteiger partial charge in [0.05, 0.1) is 13.2 Å². The summed E-state index contributed by atoms with van der Waals surface area (Å²) in [6, 6.07) is 13.8. The highest BCUT2D eigenvalue weighted by Gasteiger charge is 2.23. The second-order valence-corrected chi connectivity index (χ2v) is 7.36. The number of urea groups is 1. The molecule has 5 heteroatoms. The maximum Gasteiger partial charge on any atom is 0.319 e. The van der Waals surface area contributed by atoms with Crippen molar-refractivity contribution in [1.29, 1.82) is 0 Å². The van der Waals surface area contributed by atoms with Crippen LogP contribution < -0.4 is 20.1 Å². The number of benzene rings is 2. The van der Waals surface area contributed by atoms with Crippen LogP contribution in [0.1, 0.15) is 36.8 Å². The van der Waals surface area contributed by atoms with Crippen molar-refractivity contribution in [2.24, 2.45) is 0 Å². The summed E-state index contributed by atoms with van der Waals surface area (Å²) in [6.07, 6.45) is 6.55. The van der Waals surface area contributed by atoms with Gasteiger partial charge in [0.2, 0.25) is 0 Å². The minimum absolute atomic E-state index is 0.134. The molecule has 0 spiro atoms. The summed E-state index contributed by atoms with van der Waals surface area (Å²) in [7, 11) is 1.63. The summed E-state index contributed by atoms with van der Waals surface area (Å²) in [5.41, 5.74) is 3.34. The Morgan fingerprint density at radius 1 is 1.00 bits per heavy atom. The van der Waals surface area contributed by atoms with Gasteiger partial charge in [-0.2, -0.15) is 0 Å². The van der Waals surface area contributed by atoms with Gasteiger partial charge in [0.25, 0.3) is 0 Å². The van der Waals surface area contributed by atoms with E-state index >= 15 is 0 Å². The summed E-state index contributed by atoms with van der Waals surface area (Å²) >= 11 is 0. The number of rotatable bonds is 5. The van der Waals surface area contributed by atoms with Crippen LogP contribution in [0.4, 0.5) is 10.5 Å². The van der Waals surface area contributed by atoms with Crippen molar-refractivity contribution in [3.63, 3.8) is 0 Å². The van der Waals surface area contributed by atoms with Crippen molar-refractivity contribution < 1.29 is 14.3 Å². The molecule has 1 saturated carbocycles. The molecule has 2 aliphatic rings. The van der Waals surface area contributed by atoms with Crippen LogP contribution in [0.3, 0.4) is 0 Å². The number of carbonyl (C=O) groups is 1. The Labute approximate surface area is 160 Å². The Kier molecular flexibility index (Phi) is 5.19. The lowest BCUT2D eigenvalue weighted by atomic mass is 10.1. The molecule has 1 fully saturated rings. The minimum Gasteiger partial charge on any atom is -0.493 e. The first-order valence-electron chi connectivity index (χ1n) is 9.70. The van der Waals surface area contributed by atoms with Crippen LogP contribution in [0.2, 0.25) is 0 Å². The van der Waals surface area contributed by atoms with E-state index in [-0.39, 0.29) is 18.2 Å². The Morgan fingerprint density at radius 2 is 1.70 bits per heavy atom. The lowest BCUT2D eigenvalue weighted by molar-refractivity contribution is 0.201. The molecule has 0 aliphatic heterocycles. The lowest BCUT2D eigenvalue weighted by Crippen LogP contribution is -2.38. The lowest BCUT2D eigenvalue weighted by Gasteiger charge is -2.18. The number of hydrogen-bond donors (Lipinski definition) is 2. The number of methoxy groups -OCH3 is 1. The molecule has 2 aromatic carbocycles. The summed E-state index contributed by atoms with van der Waals surface area (Å²) in [5, 5.41) is 6.00. The summed E-state index contributed by atoms with van der Waals surface area (Å²) in [6.45, 7) is 0. The van der Waals surface area contributed by atoms with Gasteiger partial charge < -0.3 is 20.1 Å². The Balaban J connectivity index is 1.38. The van der Waals surface area contributed by atoms with Gasteiger partial charge in [0, 0.05) is 17.8 Å². The first kappa shape index (κ1) is 17.7. The van der Waals surface area contributed by atoms with Gasteiger partial charge in [0.1, 0.15) is 0 Å². The number of ether oxygens (including phenoxy) is 2. The highest BCUT2D eigenvalue weighted by Crippen LogP contribution is 2.34. The van der Waals surface area contributed by atoms with Crippen LogP contribution in [-0.2, 0) is 12.8 Å². The van der Waals surface area contributed by atoms with Crippen molar-refractivity contribution in [3.8, 4) is 11.5 Å². The third-order valence-corrected chi connectivity index (χ3v) is 5.40. The Morgan fingerprint density at radius 3 is 2.37 bits per heavy atom. The quantitative estimate of drug-likeness (QED) is 0.829. The molecular weight excluding hydrogens is 340 g/mol. The molecule has 0 atom stereocenters. The number of amides is 2. The maximum atomic E-state index is 12.4. The molecule has 0 radical (unpaired) electrons. The summed E-state index contributed by atoms with van der Waals surface area (Å²) in [4.78, 5) is 12.4.